The maximum atomic E-state index is 5.51. The first kappa shape index (κ1) is 19.5. The number of ether oxygens (including phenoxy) is 1. The van der Waals surface area contributed by atoms with Gasteiger partial charge in [-0.25, -0.2) is 4.68 Å². The second kappa shape index (κ2) is 8.73. The van der Waals surface area contributed by atoms with Crippen molar-refractivity contribution in [2.45, 2.75) is 19.9 Å². The summed E-state index contributed by atoms with van der Waals surface area (Å²) in [6.45, 7) is 5.79. The van der Waals surface area contributed by atoms with E-state index in [4.69, 9.17) is 14.7 Å². The number of aryl methyl sites for hydroxylation is 3. The molecule has 7 nitrogen and oxygen atoms in total. The first-order chi connectivity index (χ1) is 15.3. The fraction of sp³-hybridized carbons (Fsp3) is 0.292. The summed E-state index contributed by atoms with van der Waals surface area (Å²) in [7, 11) is 0. The van der Waals surface area contributed by atoms with Gasteiger partial charge in [0, 0.05) is 25.3 Å². The molecule has 0 spiro atoms. The highest BCUT2D eigenvalue weighted by atomic mass is 16.5. The van der Waals surface area contributed by atoms with Gasteiger partial charge in [-0.3, -0.25) is 0 Å². The third-order valence-electron chi connectivity index (χ3n) is 5.55. The van der Waals surface area contributed by atoms with Crippen LogP contribution >= 0.6 is 0 Å². The van der Waals surface area contributed by atoms with Gasteiger partial charge < -0.3 is 15.0 Å². The van der Waals surface area contributed by atoms with Crippen LogP contribution in [0.2, 0.25) is 0 Å². The van der Waals surface area contributed by atoms with Crippen molar-refractivity contribution in [3.05, 3.63) is 71.9 Å². The van der Waals surface area contributed by atoms with Crippen LogP contribution in [0.1, 0.15) is 11.1 Å². The van der Waals surface area contributed by atoms with Gasteiger partial charge in [-0.1, -0.05) is 48.0 Å². The standard InChI is InChI=1S/C24H26N6O/c1-18-7-9-20(10-8-18)26-22-21-17-25-30(12-11-19-5-3-2-4-6-19)23(21)28-24(27-22)29-13-15-31-16-14-29/h2-10,17H,11-16H2,1H3,(H,26,27,28). The Balaban J connectivity index is 1.50. The molecule has 0 radical (unpaired) electrons. The minimum atomic E-state index is 0.690. The SMILES string of the molecule is Cc1ccc(Nc2nc(N3CCOCC3)nc3c2cnn3CCc2ccccc2)cc1. The Kier molecular flexibility index (Phi) is 5.50. The highest BCUT2D eigenvalue weighted by molar-refractivity contribution is 5.89. The molecular formula is C24H26N6O. The second-order valence-electron chi connectivity index (χ2n) is 7.80. The normalized spacial score (nSPS) is 14.2. The Morgan fingerprint density at radius 2 is 1.74 bits per heavy atom. The summed E-state index contributed by atoms with van der Waals surface area (Å²) in [6, 6.07) is 18.8. The van der Waals surface area contributed by atoms with Gasteiger partial charge in [-0.05, 0) is 31.0 Å². The van der Waals surface area contributed by atoms with Gasteiger partial charge in [0.2, 0.25) is 5.95 Å². The molecule has 0 amide bonds. The van der Waals surface area contributed by atoms with E-state index in [2.05, 4.69) is 70.8 Å². The van der Waals surface area contributed by atoms with Crippen LogP contribution in [0.5, 0.6) is 0 Å². The van der Waals surface area contributed by atoms with Crippen LogP contribution in [0.4, 0.5) is 17.5 Å². The number of anilines is 3. The largest absolute Gasteiger partial charge is 0.378 e. The number of fused-ring (bicyclic) bond motifs is 1. The smallest absolute Gasteiger partial charge is 0.229 e. The summed E-state index contributed by atoms with van der Waals surface area (Å²) in [5, 5.41) is 9.04. The summed E-state index contributed by atoms with van der Waals surface area (Å²) < 4.78 is 7.49. The van der Waals surface area contributed by atoms with E-state index in [9.17, 15) is 0 Å². The van der Waals surface area contributed by atoms with Crippen LogP contribution in [0, 0.1) is 6.92 Å². The molecule has 3 heterocycles. The van der Waals surface area contributed by atoms with E-state index in [0.717, 1.165) is 48.6 Å². The molecule has 1 saturated heterocycles. The maximum absolute atomic E-state index is 5.51. The number of rotatable bonds is 6. The van der Waals surface area contributed by atoms with Gasteiger partial charge in [0.05, 0.1) is 24.8 Å². The molecular weight excluding hydrogens is 388 g/mol. The summed E-state index contributed by atoms with van der Waals surface area (Å²) in [6.07, 6.45) is 2.76. The summed E-state index contributed by atoms with van der Waals surface area (Å²) in [5.74, 6) is 1.49. The molecule has 1 aliphatic rings. The van der Waals surface area contributed by atoms with Gasteiger partial charge in [0.1, 0.15) is 5.82 Å². The number of nitrogens with zero attached hydrogens (tertiary/aromatic N) is 5. The molecule has 0 atom stereocenters. The van der Waals surface area contributed by atoms with Crippen molar-refractivity contribution in [3.8, 4) is 0 Å². The van der Waals surface area contributed by atoms with Gasteiger partial charge in [0.15, 0.2) is 5.65 Å². The molecule has 158 valence electrons. The van der Waals surface area contributed by atoms with Crippen LogP contribution in [0.25, 0.3) is 11.0 Å². The van der Waals surface area contributed by atoms with Crippen LogP contribution < -0.4 is 10.2 Å². The molecule has 1 fully saturated rings. The fourth-order valence-electron chi connectivity index (χ4n) is 3.76. The lowest BCUT2D eigenvalue weighted by atomic mass is 10.1. The van der Waals surface area contributed by atoms with Crippen molar-refractivity contribution >= 4 is 28.5 Å². The van der Waals surface area contributed by atoms with Gasteiger partial charge >= 0.3 is 0 Å². The minimum absolute atomic E-state index is 0.690. The van der Waals surface area contributed by atoms with E-state index in [1.807, 2.05) is 16.9 Å². The second-order valence-corrected chi connectivity index (χ2v) is 7.80. The van der Waals surface area contributed by atoms with Crippen LogP contribution in [0.3, 0.4) is 0 Å². The van der Waals surface area contributed by atoms with Crippen LogP contribution in [-0.4, -0.2) is 46.1 Å². The third kappa shape index (κ3) is 4.36. The average molecular weight is 415 g/mol. The zero-order valence-electron chi connectivity index (χ0n) is 17.7. The molecule has 5 rings (SSSR count). The maximum Gasteiger partial charge on any atom is 0.229 e. The van der Waals surface area contributed by atoms with Crippen molar-refractivity contribution in [2.24, 2.45) is 0 Å². The van der Waals surface area contributed by atoms with Crippen molar-refractivity contribution < 1.29 is 4.74 Å². The molecule has 2 aromatic heterocycles. The number of hydrogen-bond acceptors (Lipinski definition) is 6. The molecule has 0 bridgehead atoms. The molecule has 31 heavy (non-hydrogen) atoms. The van der Waals surface area contributed by atoms with E-state index in [-0.39, 0.29) is 0 Å². The number of nitrogens with one attached hydrogen (secondary N) is 1. The lowest BCUT2D eigenvalue weighted by Gasteiger charge is -2.27. The molecule has 4 aromatic rings. The summed E-state index contributed by atoms with van der Waals surface area (Å²) in [5.41, 5.74) is 4.35. The average Bonchev–Trinajstić information content (AvgIpc) is 3.24. The van der Waals surface area contributed by atoms with Gasteiger partial charge in [-0.15, -0.1) is 0 Å². The predicted molar refractivity (Wildman–Crippen MR) is 123 cm³/mol. The van der Waals surface area contributed by atoms with E-state index in [1.165, 1.54) is 11.1 Å². The molecule has 0 unspecified atom stereocenters. The highest BCUT2D eigenvalue weighted by Crippen LogP contribution is 2.27. The monoisotopic (exact) mass is 414 g/mol. The zero-order chi connectivity index (χ0) is 21.0. The Labute approximate surface area is 181 Å². The van der Waals surface area contributed by atoms with Crippen LogP contribution in [-0.2, 0) is 17.7 Å². The van der Waals surface area contributed by atoms with E-state index in [0.29, 0.717) is 19.2 Å². The topological polar surface area (TPSA) is 68.1 Å². The predicted octanol–water partition coefficient (Wildman–Crippen LogP) is 3.96. The quantitative estimate of drug-likeness (QED) is 0.515. The molecule has 0 aliphatic carbocycles. The summed E-state index contributed by atoms with van der Waals surface area (Å²) in [4.78, 5) is 12.0. The number of hydrogen-bond donors (Lipinski definition) is 1. The van der Waals surface area contributed by atoms with E-state index >= 15 is 0 Å². The first-order valence-electron chi connectivity index (χ1n) is 10.7. The van der Waals surface area contributed by atoms with E-state index < -0.39 is 0 Å². The molecule has 1 N–H and O–H groups in total. The van der Waals surface area contributed by atoms with Crippen molar-refractivity contribution in [1.29, 1.82) is 0 Å². The van der Waals surface area contributed by atoms with Crippen molar-refractivity contribution in [1.82, 2.24) is 19.7 Å². The summed E-state index contributed by atoms with van der Waals surface area (Å²) >= 11 is 0. The molecule has 0 saturated carbocycles. The molecule has 1 aliphatic heterocycles. The highest BCUT2D eigenvalue weighted by Gasteiger charge is 2.19. The minimum Gasteiger partial charge on any atom is -0.378 e. The number of benzene rings is 2. The van der Waals surface area contributed by atoms with Gasteiger partial charge in [0.25, 0.3) is 0 Å². The van der Waals surface area contributed by atoms with Gasteiger partial charge in [-0.2, -0.15) is 15.1 Å². The molecule has 7 heteroatoms. The van der Waals surface area contributed by atoms with Crippen LogP contribution in [0.15, 0.2) is 60.8 Å². The number of aromatic nitrogens is 4. The Bertz CT molecular complexity index is 1150. The lowest BCUT2D eigenvalue weighted by Crippen LogP contribution is -2.37. The zero-order valence-corrected chi connectivity index (χ0v) is 17.7. The Morgan fingerprint density at radius 1 is 0.968 bits per heavy atom. The fourth-order valence-corrected chi connectivity index (χ4v) is 3.76. The van der Waals surface area contributed by atoms with Crippen molar-refractivity contribution in [2.75, 3.05) is 36.5 Å². The molecule has 2 aromatic carbocycles. The lowest BCUT2D eigenvalue weighted by molar-refractivity contribution is 0.122. The first-order valence-corrected chi connectivity index (χ1v) is 10.7. The number of morpholine rings is 1. The third-order valence-corrected chi connectivity index (χ3v) is 5.55. The Hall–Kier alpha value is -3.45. The van der Waals surface area contributed by atoms with Crippen molar-refractivity contribution in [3.63, 3.8) is 0 Å². The Morgan fingerprint density at radius 3 is 2.52 bits per heavy atom. The van der Waals surface area contributed by atoms with E-state index in [1.54, 1.807) is 0 Å².